The normalized spacial score (nSPS) is 20.8. The highest BCUT2D eigenvalue weighted by molar-refractivity contribution is 7.91. The van der Waals surface area contributed by atoms with Crippen molar-refractivity contribution in [3.63, 3.8) is 0 Å². The molecule has 118 valence electrons. The number of rotatable bonds is 6. The summed E-state index contributed by atoms with van der Waals surface area (Å²) < 4.78 is 27.9. The second-order valence-electron chi connectivity index (χ2n) is 5.31. The van der Waals surface area contributed by atoms with Crippen LogP contribution in [0.25, 0.3) is 0 Å². The van der Waals surface area contributed by atoms with E-state index in [1.165, 1.54) is 0 Å². The average molecular weight is 315 g/mol. The van der Waals surface area contributed by atoms with Gasteiger partial charge in [0.05, 0.1) is 11.5 Å². The van der Waals surface area contributed by atoms with Gasteiger partial charge in [-0.25, -0.2) is 8.42 Å². The van der Waals surface area contributed by atoms with Crippen LogP contribution in [0.5, 0.6) is 0 Å². The molecule has 0 spiro atoms. The molecular weight excluding hydrogens is 294 g/mol. The van der Waals surface area contributed by atoms with Crippen molar-refractivity contribution in [3.05, 3.63) is 11.8 Å². The van der Waals surface area contributed by atoms with Crippen LogP contribution in [-0.4, -0.2) is 55.0 Å². The highest BCUT2D eigenvalue weighted by Gasteiger charge is 2.31. The van der Waals surface area contributed by atoms with Gasteiger partial charge in [-0.2, -0.15) is 0 Å². The standard InChI is InChI=1S/C13H21N3O4S/c1-3-16(11-5-7-21(18,19)9-11)6-4-13(17)14-12-8-10(2)20-15-12/h8,11H,3-7,9H2,1-2H3,(H,14,15,17). The lowest BCUT2D eigenvalue weighted by molar-refractivity contribution is -0.116. The van der Waals surface area contributed by atoms with Crippen molar-refractivity contribution in [1.82, 2.24) is 10.1 Å². The minimum absolute atomic E-state index is 0.0297. The molecule has 0 saturated carbocycles. The van der Waals surface area contributed by atoms with Crippen molar-refractivity contribution in [2.24, 2.45) is 0 Å². The number of nitrogens with zero attached hydrogens (tertiary/aromatic N) is 2. The van der Waals surface area contributed by atoms with E-state index in [1.54, 1.807) is 13.0 Å². The lowest BCUT2D eigenvalue weighted by Crippen LogP contribution is -2.38. The minimum atomic E-state index is -2.90. The number of hydrogen-bond acceptors (Lipinski definition) is 6. The van der Waals surface area contributed by atoms with Gasteiger partial charge in [0.1, 0.15) is 5.76 Å². The number of nitrogens with one attached hydrogen (secondary N) is 1. The first-order valence-corrected chi connectivity index (χ1v) is 8.89. The molecule has 0 bridgehead atoms. The van der Waals surface area contributed by atoms with Crippen molar-refractivity contribution in [2.75, 3.05) is 29.9 Å². The van der Waals surface area contributed by atoms with Gasteiger partial charge in [-0.1, -0.05) is 12.1 Å². The molecule has 21 heavy (non-hydrogen) atoms. The largest absolute Gasteiger partial charge is 0.360 e. The van der Waals surface area contributed by atoms with E-state index in [4.69, 9.17) is 4.52 Å². The van der Waals surface area contributed by atoms with E-state index in [0.717, 1.165) is 6.54 Å². The van der Waals surface area contributed by atoms with Crippen LogP contribution in [0.15, 0.2) is 10.6 Å². The monoisotopic (exact) mass is 315 g/mol. The topological polar surface area (TPSA) is 92.5 Å². The number of aromatic nitrogens is 1. The molecule has 8 heteroatoms. The van der Waals surface area contributed by atoms with Gasteiger partial charge in [-0.05, 0) is 19.9 Å². The van der Waals surface area contributed by atoms with Crippen LogP contribution in [0.3, 0.4) is 0 Å². The summed E-state index contributed by atoms with van der Waals surface area (Å²) in [5.41, 5.74) is 0. The molecule has 1 aliphatic rings. The maximum atomic E-state index is 11.8. The van der Waals surface area contributed by atoms with E-state index < -0.39 is 9.84 Å². The van der Waals surface area contributed by atoms with Gasteiger partial charge in [-0.15, -0.1) is 0 Å². The third-order valence-electron chi connectivity index (χ3n) is 3.65. The van der Waals surface area contributed by atoms with Crippen molar-refractivity contribution >= 4 is 21.6 Å². The Hall–Kier alpha value is -1.41. The van der Waals surface area contributed by atoms with Gasteiger partial charge in [0.2, 0.25) is 5.91 Å². The number of amides is 1. The first-order valence-electron chi connectivity index (χ1n) is 7.07. The van der Waals surface area contributed by atoms with Gasteiger partial charge in [0.15, 0.2) is 15.7 Å². The van der Waals surface area contributed by atoms with Crippen molar-refractivity contribution < 1.29 is 17.7 Å². The number of carbonyl (C=O) groups is 1. The lowest BCUT2D eigenvalue weighted by atomic mass is 10.2. The van der Waals surface area contributed by atoms with Crippen LogP contribution in [0.4, 0.5) is 5.82 Å². The number of aryl methyl sites for hydroxylation is 1. The Morgan fingerprint density at radius 3 is 2.86 bits per heavy atom. The number of sulfone groups is 1. The van der Waals surface area contributed by atoms with E-state index in [0.29, 0.717) is 31.0 Å². The summed E-state index contributed by atoms with van der Waals surface area (Å²) in [5, 5.41) is 6.36. The third kappa shape index (κ3) is 4.53. The summed E-state index contributed by atoms with van der Waals surface area (Å²) in [4.78, 5) is 13.9. The van der Waals surface area contributed by atoms with Crippen LogP contribution in [0.1, 0.15) is 25.5 Å². The average Bonchev–Trinajstić information content (AvgIpc) is 2.96. The number of anilines is 1. The highest BCUT2D eigenvalue weighted by atomic mass is 32.2. The molecule has 1 atom stereocenters. The van der Waals surface area contributed by atoms with Crippen LogP contribution in [0.2, 0.25) is 0 Å². The molecule has 2 rings (SSSR count). The molecule has 2 heterocycles. The van der Waals surface area contributed by atoms with Gasteiger partial charge >= 0.3 is 0 Å². The molecule has 1 unspecified atom stereocenters. The van der Waals surface area contributed by atoms with Crippen molar-refractivity contribution in [2.45, 2.75) is 32.7 Å². The fourth-order valence-corrected chi connectivity index (χ4v) is 4.30. The Labute approximate surface area is 124 Å². The van der Waals surface area contributed by atoms with Crippen LogP contribution >= 0.6 is 0 Å². The molecule has 1 fully saturated rings. The zero-order chi connectivity index (χ0) is 15.5. The fourth-order valence-electron chi connectivity index (χ4n) is 2.54. The summed E-state index contributed by atoms with van der Waals surface area (Å²) in [7, 11) is -2.90. The van der Waals surface area contributed by atoms with E-state index in [2.05, 4.69) is 15.4 Å². The van der Waals surface area contributed by atoms with Gasteiger partial charge in [-0.3, -0.25) is 9.69 Å². The first-order chi connectivity index (χ1) is 9.89. The predicted molar refractivity (Wildman–Crippen MR) is 78.8 cm³/mol. The maximum Gasteiger partial charge on any atom is 0.226 e. The Kier molecular flexibility index (Phi) is 5.00. The van der Waals surface area contributed by atoms with Gasteiger partial charge < -0.3 is 9.84 Å². The van der Waals surface area contributed by atoms with Crippen LogP contribution < -0.4 is 5.32 Å². The second-order valence-corrected chi connectivity index (χ2v) is 7.54. The third-order valence-corrected chi connectivity index (χ3v) is 5.40. The highest BCUT2D eigenvalue weighted by Crippen LogP contribution is 2.18. The summed E-state index contributed by atoms with van der Waals surface area (Å²) >= 11 is 0. The molecule has 7 nitrogen and oxygen atoms in total. The van der Waals surface area contributed by atoms with E-state index in [-0.39, 0.29) is 23.5 Å². The molecule has 0 aromatic carbocycles. The Bertz CT molecular complexity index is 596. The molecule has 1 amide bonds. The Balaban J connectivity index is 1.81. The second kappa shape index (κ2) is 6.57. The molecule has 1 aromatic heterocycles. The summed E-state index contributed by atoms with van der Waals surface area (Å²) in [6, 6.07) is 1.68. The van der Waals surface area contributed by atoms with E-state index in [1.807, 2.05) is 6.92 Å². The molecule has 1 N–H and O–H groups in total. The zero-order valence-corrected chi connectivity index (χ0v) is 13.1. The SMILES string of the molecule is CCN(CCC(=O)Nc1cc(C)on1)C1CCS(=O)(=O)C1. The molecule has 0 radical (unpaired) electrons. The van der Waals surface area contributed by atoms with Gasteiger partial charge in [0.25, 0.3) is 0 Å². The van der Waals surface area contributed by atoms with Crippen LogP contribution in [0, 0.1) is 6.92 Å². The quantitative estimate of drug-likeness (QED) is 0.835. The minimum Gasteiger partial charge on any atom is -0.360 e. The smallest absolute Gasteiger partial charge is 0.226 e. The Morgan fingerprint density at radius 1 is 1.57 bits per heavy atom. The number of carbonyl (C=O) groups excluding carboxylic acids is 1. The van der Waals surface area contributed by atoms with Crippen LogP contribution in [-0.2, 0) is 14.6 Å². The molecule has 1 aromatic rings. The Morgan fingerprint density at radius 2 is 2.33 bits per heavy atom. The molecule has 1 aliphatic heterocycles. The summed E-state index contributed by atoms with van der Waals surface area (Å²) in [6.45, 7) is 5.00. The fraction of sp³-hybridized carbons (Fsp3) is 0.692. The number of hydrogen-bond donors (Lipinski definition) is 1. The molecule has 1 saturated heterocycles. The maximum absolute atomic E-state index is 11.8. The predicted octanol–water partition coefficient (Wildman–Crippen LogP) is 0.821. The lowest BCUT2D eigenvalue weighted by Gasteiger charge is -2.26. The van der Waals surface area contributed by atoms with Gasteiger partial charge in [0, 0.05) is 25.1 Å². The molecular formula is C13H21N3O4S. The van der Waals surface area contributed by atoms with Crippen molar-refractivity contribution in [3.8, 4) is 0 Å². The zero-order valence-electron chi connectivity index (χ0n) is 12.3. The van der Waals surface area contributed by atoms with Crippen molar-refractivity contribution in [1.29, 1.82) is 0 Å². The summed E-state index contributed by atoms with van der Waals surface area (Å²) in [5.74, 6) is 1.34. The molecule has 0 aliphatic carbocycles. The van der Waals surface area contributed by atoms with E-state index in [9.17, 15) is 13.2 Å². The summed E-state index contributed by atoms with van der Waals surface area (Å²) in [6.07, 6.45) is 0.955. The first kappa shape index (κ1) is 16.0. The van der Waals surface area contributed by atoms with E-state index >= 15 is 0 Å².